The Morgan fingerprint density at radius 3 is 2.52 bits per heavy atom. The van der Waals surface area contributed by atoms with E-state index in [1.807, 2.05) is 0 Å². The van der Waals surface area contributed by atoms with Gasteiger partial charge in [0.2, 0.25) is 0 Å². The minimum atomic E-state index is -0.350. The van der Waals surface area contributed by atoms with Gasteiger partial charge in [0, 0.05) is 17.7 Å². The molecule has 1 rings (SSSR count). The van der Waals surface area contributed by atoms with Crippen molar-refractivity contribution in [1.29, 1.82) is 0 Å². The highest BCUT2D eigenvalue weighted by Gasteiger charge is 2.11. The van der Waals surface area contributed by atoms with Crippen molar-refractivity contribution in [2.24, 2.45) is 0 Å². The van der Waals surface area contributed by atoms with Crippen LogP contribution in [0.3, 0.4) is 0 Å². The number of hydrogen-bond acceptors (Lipinski definition) is 4. The molecule has 0 radical (unpaired) electrons. The molecule has 0 saturated heterocycles. The fourth-order valence-electron chi connectivity index (χ4n) is 2.11. The van der Waals surface area contributed by atoms with Gasteiger partial charge in [0.15, 0.2) is 0 Å². The zero-order valence-electron chi connectivity index (χ0n) is 13.0. The Balaban J connectivity index is 2.69. The van der Waals surface area contributed by atoms with Gasteiger partial charge >= 0.3 is 5.97 Å². The van der Waals surface area contributed by atoms with Gasteiger partial charge in [-0.15, -0.1) is 0 Å². The third-order valence-electron chi connectivity index (χ3n) is 3.12. The maximum Gasteiger partial charge on any atom is 0.331 e. The van der Waals surface area contributed by atoms with Crippen LogP contribution in [0.5, 0.6) is 11.5 Å². The van der Waals surface area contributed by atoms with E-state index in [9.17, 15) is 9.90 Å². The van der Waals surface area contributed by atoms with E-state index in [0.29, 0.717) is 5.75 Å². The van der Waals surface area contributed by atoms with E-state index in [-0.39, 0.29) is 17.8 Å². The van der Waals surface area contributed by atoms with Crippen molar-refractivity contribution >= 4 is 12.0 Å². The van der Waals surface area contributed by atoms with Gasteiger partial charge in [0.25, 0.3) is 0 Å². The summed E-state index contributed by atoms with van der Waals surface area (Å²) >= 11 is 0. The molecule has 0 saturated carbocycles. The number of ether oxygens (including phenoxy) is 2. The van der Waals surface area contributed by atoms with Crippen molar-refractivity contribution in [3.63, 3.8) is 0 Å². The number of aromatic hydroxyl groups is 1. The van der Waals surface area contributed by atoms with Crippen LogP contribution < -0.4 is 4.74 Å². The highest BCUT2D eigenvalue weighted by Crippen LogP contribution is 2.24. The summed E-state index contributed by atoms with van der Waals surface area (Å²) in [7, 11) is 1.52. The standard InChI is InChI=1S/C17H24O4/c1-4-6-15(7-5-2)21-17(19)11-9-13-8-10-14(18)12-16(13)20-3/h8-12,15,18H,4-7H2,1-3H3. The summed E-state index contributed by atoms with van der Waals surface area (Å²) in [5.41, 5.74) is 0.717. The van der Waals surface area contributed by atoms with E-state index in [0.717, 1.165) is 31.2 Å². The molecule has 0 amide bonds. The second-order valence-electron chi connectivity index (χ2n) is 4.90. The van der Waals surface area contributed by atoms with Crippen molar-refractivity contribution in [2.45, 2.75) is 45.6 Å². The summed E-state index contributed by atoms with van der Waals surface area (Å²) in [4.78, 5) is 11.8. The fourth-order valence-corrected chi connectivity index (χ4v) is 2.11. The third-order valence-corrected chi connectivity index (χ3v) is 3.12. The summed E-state index contributed by atoms with van der Waals surface area (Å²) in [6, 6.07) is 4.74. The number of methoxy groups -OCH3 is 1. The lowest BCUT2D eigenvalue weighted by Gasteiger charge is -2.15. The van der Waals surface area contributed by atoms with Gasteiger partial charge in [0.05, 0.1) is 7.11 Å². The first kappa shape index (κ1) is 17.1. The Bertz CT molecular complexity index is 474. The van der Waals surface area contributed by atoms with Crippen LogP contribution in [0.2, 0.25) is 0 Å². The van der Waals surface area contributed by atoms with Gasteiger partial charge in [-0.1, -0.05) is 26.7 Å². The Morgan fingerprint density at radius 2 is 1.95 bits per heavy atom. The Hall–Kier alpha value is -1.97. The molecular weight excluding hydrogens is 268 g/mol. The molecule has 0 heterocycles. The van der Waals surface area contributed by atoms with E-state index >= 15 is 0 Å². The number of benzene rings is 1. The van der Waals surface area contributed by atoms with E-state index in [1.54, 1.807) is 18.2 Å². The highest BCUT2D eigenvalue weighted by molar-refractivity contribution is 5.87. The van der Waals surface area contributed by atoms with Crippen LogP contribution in [0.25, 0.3) is 6.08 Å². The number of carbonyl (C=O) groups is 1. The number of esters is 1. The molecule has 0 aliphatic carbocycles. The molecule has 1 aromatic rings. The fraction of sp³-hybridized carbons (Fsp3) is 0.471. The number of carbonyl (C=O) groups excluding carboxylic acids is 1. The largest absolute Gasteiger partial charge is 0.508 e. The van der Waals surface area contributed by atoms with E-state index < -0.39 is 0 Å². The lowest BCUT2D eigenvalue weighted by Crippen LogP contribution is -2.16. The molecule has 0 fully saturated rings. The minimum Gasteiger partial charge on any atom is -0.508 e. The van der Waals surface area contributed by atoms with Crippen molar-refractivity contribution in [1.82, 2.24) is 0 Å². The molecule has 0 spiro atoms. The first-order chi connectivity index (χ1) is 10.1. The molecule has 21 heavy (non-hydrogen) atoms. The topological polar surface area (TPSA) is 55.8 Å². The van der Waals surface area contributed by atoms with Crippen molar-refractivity contribution in [2.75, 3.05) is 7.11 Å². The predicted octanol–water partition coefficient (Wildman–Crippen LogP) is 3.93. The zero-order valence-corrected chi connectivity index (χ0v) is 13.0. The molecule has 0 unspecified atom stereocenters. The minimum absolute atomic E-state index is 0.0149. The van der Waals surface area contributed by atoms with Crippen LogP contribution in [0.15, 0.2) is 24.3 Å². The average molecular weight is 292 g/mol. The molecule has 116 valence electrons. The normalized spacial score (nSPS) is 11.0. The van der Waals surface area contributed by atoms with Crippen LogP contribution in [-0.2, 0) is 9.53 Å². The summed E-state index contributed by atoms with van der Waals surface area (Å²) in [5, 5.41) is 9.39. The summed E-state index contributed by atoms with van der Waals surface area (Å²) < 4.78 is 10.6. The van der Waals surface area contributed by atoms with Gasteiger partial charge in [-0.3, -0.25) is 0 Å². The molecule has 0 atom stereocenters. The number of hydrogen-bond donors (Lipinski definition) is 1. The SMILES string of the molecule is CCCC(CCC)OC(=O)C=Cc1ccc(O)cc1OC. The summed E-state index contributed by atoms with van der Waals surface area (Å²) in [6.45, 7) is 4.15. The first-order valence-corrected chi connectivity index (χ1v) is 7.36. The summed E-state index contributed by atoms with van der Waals surface area (Å²) in [6.07, 6.45) is 6.77. The van der Waals surface area contributed by atoms with Gasteiger partial charge in [-0.2, -0.15) is 0 Å². The molecular formula is C17H24O4. The monoisotopic (exact) mass is 292 g/mol. The van der Waals surface area contributed by atoms with Gasteiger partial charge in [-0.05, 0) is 31.1 Å². The highest BCUT2D eigenvalue weighted by atomic mass is 16.5. The number of phenolic OH excluding ortho intramolecular Hbond substituents is 1. The second-order valence-corrected chi connectivity index (χ2v) is 4.90. The van der Waals surface area contributed by atoms with Crippen LogP contribution in [-0.4, -0.2) is 24.3 Å². The zero-order chi connectivity index (χ0) is 15.7. The molecule has 4 nitrogen and oxygen atoms in total. The maximum atomic E-state index is 11.8. The lowest BCUT2D eigenvalue weighted by atomic mass is 10.1. The lowest BCUT2D eigenvalue weighted by molar-refractivity contribution is -0.143. The molecule has 4 heteroatoms. The molecule has 0 aliphatic rings. The van der Waals surface area contributed by atoms with E-state index in [1.165, 1.54) is 19.3 Å². The first-order valence-electron chi connectivity index (χ1n) is 7.36. The van der Waals surface area contributed by atoms with Crippen molar-refractivity contribution < 1.29 is 19.4 Å². The third kappa shape index (κ3) is 5.90. The Labute approximate surface area is 126 Å². The van der Waals surface area contributed by atoms with Gasteiger partial charge < -0.3 is 14.6 Å². The molecule has 0 aromatic heterocycles. The average Bonchev–Trinajstić information content (AvgIpc) is 2.46. The van der Waals surface area contributed by atoms with Crippen LogP contribution in [0, 0.1) is 0 Å². The predicted molar refractivity (Wildman–Crippen MR) is 83.4 cm³/mol. The maximum absolute atomic E-state index is 11.8. The Morgan fingerprint density at radius 1 is 1.29 bits per heavy atom. The molecule has 0 aliphatic heterocycles. The van der Waals surface area contributed by atoms with Crippen molar-refractivity contribution in [3.05, 3.63) is 29.8 Å². The Kier molecular flexibility index (Phi) is 7.37. The molecule has 1 aromatic carbocycles. The molecule has 1 N–H and O–H groups in total. The van der Waals surface area contributed by atoms with Gasteiger partial charge in [-0.25, -0.2) is 4.79 Å². The molecule has 0 bridgehead atoms. The quantitative estimate of drug-likeness (QED) is 0.582. The van der Waals surface area contributed by atoms with E-state index in [4.69, 9.17) is 9.47 Å². The number of phenols is 1. The number of rotatable bonds is 8. The second kappa shape index (κ2) is 9.06. The van der Waals surface area contributed by atoms with Crippen molar-refractivity contribution in [3.8, 4) is 11.5 Å². The van der Waals surface area contributed by atoms with Crippen LogP contribution >= 0.6 is 0 Å². The smallest absolute Gasteiger partial charge is 0.331 e. The van der Waals surface area contributed by atoms with E-state index in [2.05, 4.69) is 13.8 Å². The summed E-state index contributed by atoms with van der Waals surface area (Å²) in [5.74, 6) is 0.285. The van der Waals surface area contributed by atoms with Gasteiger partial charge in [0.1, 0.15) is 17.6 Å². The van der Waals surface area contributed by atoms with Crippen LogP contribution in [0.4, 0.5) is 0 Å². The van der Waals surface area contributed by atoms with Crippen LogP contribution in [0.1, 0.15) is 45.1 Å².